The first-order chi connectivity index (χ1) is 55.4. The first-order valence-corrected chi connectivity index (χ1v) is 38.0. The highest BCUT2D eigenvalue weighted by molar-refractivity contribution is 6.16. The van der Waals surface area contributed by atoms with E-state index >= 15 is 0 Å². The summed E-state index contributed by atoms with van der Waals surface area (Å²) in [4.78, 5) is 4.85. The standard InChI is InChI=1S/C104H61N3O5/c1-3-19-65-58-103-85(52-63(65)17-1)83-56-70(38-47-99(83)111-103)75-21-5-10-26-89(75)106(93-29-13-14-30-94(93)107-90-27-11-6-22-76(90)77-23-7-12-28-91(77)107)74-43-50-102-88(61-74)82-55-69(37-46-98(82)110-102)68-35-44-92(80(51-68)71-39-48-100-84(57-71)86-53-64-18-2-4-20-66(64)59-104(86)112-100)105(73-42-49-101-87(60-73)79-25-9-16-32-96(79)109-101)72-40-33-62(34-41-72)67-36-45-97-81(54-67)78-24-8-15-31-95(78)108-97/h1-61H. The minimum absolute atomic E-state index is 0.786. The molecule has 0 aliphatic heterocycles. The van der Waals surface area contributed by atoms with Crippen molar-refractivity contribution in [2.45, 2.75) is 0 Å². The zero-order valence-electron chi connectivity index (χ0n) is 60.1. The molecule has 0 aliphatic carbocycles. The Hall–Kier alpha value is -15.1. The number of hydrogen-bond donors (Lipinski definition) is 0. The minimum atomic E-state index is 0.786. The lowest BCUT2D eigenvalue weighted by molar-refractivity contribution is 0.668. The first-order valence-electron chi connectivity index (χ1n) is 38.0. The van der Waals surface area contributed by atoms with E-state index < -0.39 is 0 Å². The number of fused-ring (bicyclic) bond motifs is 20. The molecular formula is C104H61N3O5. The summed E-state index contributed by atoms with van der Waals surface area (Å²) in [5.41, 5.74) is 26.0. The fourth-order valence-electron chi connectivity index (χ4n) is 17.8. The van der Waals surface area contributed by atoms with E-state index in [1.807, 2.05) is 24.3 Å². The van der Waals surface area contributed by atoms with Crippen LogP contribution in [-0.2, 0) is 0 Å². The van der Waals surface area contributed by atoms with E-state index in [0.717, 1.165) is 221 Å². The summed E-state index contributed by atoms with van der Waals surface area (Å²) in [7, 11) is 0. The van der Waals surface area contributed by atoms with Crippen molar-refractivity contribution < 1.29 is 22.1 Å². The van der Waals surface area contributed by atoms with Gasteiger partial charge in [-0.1, -0.05) is 194 Å². The smallest absolute Gasteiger partial charge is 0.136 e. The van der Waals surface area contributed by atoms with E-state index in [1.165, 1.54) is 16.2 Å². The lowest BCUT2D eigenvalue weighted by Gasteiger charge is -2.30. The van der Waals surface area contributed by atoms with Gasteiger partial charge in [-0.05, 0) is 231 Å². The number of nitrogens with zero attached hydrogens (tertiary/aromatic N) is 3. The molecule has 18 aromatic carbocycles. The Morgan fingerprint density at radius 1 is 0.179 bits per heavy atom. The van der Waals surface area contributed by atoms with Gasteiger partial charge in [-0.15, -0.1) is 0 Å². The van der Waals surface area contributed by atoms with Crippen LogP contribution in [0, 0.1) is 0 Å². The van der Waals surface area contributed by atoms with Gasteiger partial charge in [-0.2, -0.15) is 0 Å². The van der Waals surface area contributed by atoms with E-state index in [9.17, 15) is 0 Å². The van der Waals surface area contributed by atoms with Gasteiger partial charge in [0.2, 0.25) is 0 Å². The minimum Gasteiger partial charge on any atom is -0.456 e. The molecule has 0 bridgehead atoms. The van der Waals surface area contributed by atoms with Crippen LogP contribution in [0.15, 0.2) is 392 Å². The van der Waals surface area contributed by atoms with Crippen LogP contribution in [0.1, 0.15) is 0 Å². The van der Waals surface area contributed by atoms with Gasteiger partial charge in [0, 0.05) is 92.8 Å². The molecule has 522 valence electrons. The molecule has 0 spiro atoms. The maximum absolute atomic E-state index is 6.96. The van der Waals surface area contributed by atoms with Crippen molar-refractivity contribution in [1.82, 2.24) is 4.57 Å². The van der Waals surface area contributed by atoms with Crippen molar-refractivity contribution in [1.29, 1.82) is 0 Å². The Bertz CT molecular complexity index is 8010. The SMILES string of the molecule is c1ccc(N(c2ccc3oc4ccc(-c5ccc(N(c6ccc(-c7ccc8oc9ccccc9c8c7)cc6)c6ccc7oc8ccccc8c7c6)c(-c6ccc7oc8cc9ccccc9cc8c7c6)c5)cc4c3c2)c2ccccc2-n2c3ccccc3c3ccccc32)c(-c2ccc3oc4cc5ccccc5cc4c3c2)c1. The molecule has 24 aromatic rings. The zero-order chi connectivity index (χ0) is 73.2. The zero-order valence-corrected chi connectivity index (χ0v) is 60.1. The topological polar surface area (TPSA) is 77.1 Å². The molecule has 0 saturated carbocycles. The summed E-state index contributed by atoms with van der Waals surface area (Å²) in [6.07, 6.45) is 0. The lowest BCUT2D eigenvalue weighted by Crippen LogP contribution is -2.14. The molecular weight excluding hydrogens is 1370 g/mol. The summed E-state index contributed by atoms with van der Waals surface area (Å²) in [6, 6.07) is 133. The van der Waals surface area contributed by atoms with Gasteiger partial charge >= 0.3 is 0 Å². The van der Waals surface area contributed by atoms with Crippen LogP contribution in [0.25, 0.3) is 203 Å². The van der Waals surface area contributed by atoms with Crippen molar-refractivity contribution in [2.75, 3.05) is 9.80 Å². The number of hydrogen-bond acceptors (Lipinski definition) is 7. The van der Waals surface area contributed by atoms with Gasteiger partial charge in [0.1, 0.15) is 55.8 Å². The van der Waals surface area contributed by atoms with E-state index in [-0.39, 0.29) is 0 Å². The molecule has 24 rings (SSSR count). The Balaban J connectivity index is 0.696. The highest BCUT2D eigenvalue weighted by atomic mass is 16.3. The second kappa shape index (κ2) is 24.2. The number of para-hydroxylation sites is 7. The third kappa shape index (κ3) is 9.68. The molecule has 0 radical (unpaired) electrons. The van der Waals surface area contributed by atoms with Crippen LogP contribution in [-0.4, -0.2) is 4.57 Å². The van der Waals surface area contributed by atoms with Crippen LogP contribution >= 0.6 is 0 Å². The monoisotopic (exact) mass is 1430 g/mol. The molecule has 112 heavy (non-hydrogen) atoms. The fourth-order valence-corrected chi connectivity index (χ4v) is 17.8. The molecule has 0 saturated heterocycles. The predicted octanol–water partition coefficient (Wildman–Crippen LogP) is 30.2. The van der Waals surface area contributed by atoms with E-state index in [0.29, 0.717) is 0 Å². The summed E-state index contributed by atoms with van der Waals surface area (Å²) in [5, 5.41) is 17.5. The number of anilines is 6. The lowest BCUT2D eigenvalue weighted by atomic mass is 9.94. The van der Waals surface area contributed by atoms with Crippen molar-refractivity contribution in [3.8, 4) is 50.2 Å². The molecule has 6 heterocycles. The van der Waals surface area contributed by atoms with Crippen molar-refractivity contribution in [3.05, 3.63) is 370 Å². The van der Waals surface area contributed by atoms with Crippen molar-refractivity contribution >= 4 is 187 Å². The number of aromatic nitrogens is 1. The van der Waals surface area contributed by atoms with Gasteiger partial charge in [-0.3, -0.25) is 0 Å². The normalized spacial score (nSPS) is 12.1. The van der Waals surface area contributed by atoms with Gasteiger partial charge < -0.3 is 36.5 Å². The molecule has 8 heteroatoms. The molecule has 0 aliphatic rings. The number of rotatable bonds is 11. The third-order valence-corrected chi connectivity index (χ3v) is 23.1. The predicted molar refractivity (Wildman–Crippen MR) is 463 cm³/mol. The Morgan fingerprint density at radius 3 is 1.09 bits per heavy atom. The quantitative estimate of drug-likeness (QED) is 0.128. The highest BCUT2D eigenvalue weighted by Crippen LogP contribution is 2.51. The third-order valence-electron chi connectivity index (χ3n) is 23.1. The van der Waals surface area contributed by atoms with Crippen molar-refractivity contribution in [3.63, 3.8) is 0 Å². The number of furan rings is 5. The van der Waals surface area contributed by atoms with Crippen LogP contribution in [0.4, 0.5) is 34.1 Å². The maximum atomic E-state index is 6.96. The van der Waals surface area contributed by atoms with Gasteiger partial charge in [0.15, 0.2) is 0 Å². The average molecular weight is 1430 g/mol. The highest BCUT2D eigenvalue weighted by Gasteiger charge is 2.27. The summed E-state index contributed by atoms with van der Waals surface area (Å²) >= 11 is 0. The van der Waals surface area contributed by atoms with Crippen LogP contribution in [0.5, 0.6) is 0 Å². The Kier molecular flexibility index (Phi) is 13.4. The molecule has 8 nitrogen and oxygen atoms in total. The maximum Gasteiger partial charge on any atom is 0.136 e. The van der Waals surface area contributed by atoms with Gasteiger partial charge in [0.05, 0.1) is 33.8 Å². The van der Waals surface area contributed by atoms with Crippen LogP contribution in [0.2, 0.25) is 0 Å². The number of benzene rings is 18. The Labute approximate surface area is 639 Å². The molecule has 0 unspecified atom stereocenters. The second-order valence-electron chi connectivity index (χ2n) is 29.4. The fraction of sp³-hybridized carbons (Fsp3) is 0. The first kappa shape index (κ1) is 62.0. The van der Waals surface area contributed by atoms with Gasteiger partial charge in [-0.25, -0.2) is 0 Å². The Morgan fingerprint density at radius 2 is 0.518 bits per heavy atom. The molecule has 0 atom stereocenters. The second-order valence-corrected chi connectivity index (χ2v) is 29.4. The summed E-state index contributed by atoms with van der Waals surface area (Å²) in [5.74, 6) is 0. The van der Waals surface area contributed by atoms with Gasteiger partial charge in [0.25, 0.3) is 0 Å². The van der Waals surface area contributed by atoms with E-state index in [4.69, 9.17) is 22.1 Å². The molecule has 0 fully saturated rings. The molecule has 6 aromatic heterocycles. The molecule has 0 amide bonds. The average Bonchev–Trinajstić information content (AvgIpc) is 1.54. The molecule has 0 N–H and O–H groups in total. The van der Waals surface area contributed by atoms with Crippen molar-refractivity contribution in [2.24, 2.45) is 0 Å². The van der Waals surface area contributed by atoms with Crippen LogP contribution < -0.4 is 9.80 Å². The largest absolute Gasteiger partial charge is 0.456 e. The van der Waals surface area contributed by atoms with E-state index in [1.54, 1.807) is 0 Å². The summed E-state index contributed by atoms with van der Waals surface area (Å²) in [6.45, 7) is 0. The van der Waals surface area contributed by atoms with Crippen LogP contribution in [0.3, 0.4) is 0 Å². The van der Waals surface area contributed by atoms with E-state index in [2.05, 4.69) is 360 Å². The summed E-state index contributed by atoms with van der Waals surface area (Å²) < 4.78 is 35.6.